The maximum absolute atomic E-state index is 12.4. The van der Waals surface area contributed by atoms with Crippen LogP contribution in [-0.4, -0.2) is 76.8 Å². The number of nitrogens with one attached hydrogen (secondary N) is 4. The van der Waals surface area contributed by atoms with Gasteiger partial charge in [-0.05, 0) is 65.3 Å². The third-order valence-corrected chi connectivity index (χ3v) is 11.7. The van der Waals surface area contributed by atoms with Crippen LogP contribution < -0.4 is 56.8 Å². The van der Waals surface area contributed by atoms with E-state index in [1.165, 1.54) is 26.6 Å². The number of aromatic nitrogens is 2. The summed E-state index contributed by atoms with van der Waals surface area (Å²) in [6.07, 6.45) is 5.30. The van der Waals surface area contributed by atoms with Gasteiger partial charge in [0.1, 0.15) is 0 Å². The van der Waals surface area contributed by atoms with Gasteiger partial charge < -0.3 is 52.1 Å². The van der Waals surface area contributed by atoms with Gasteiger partial charge in [0.15, 0.2) is 23.0 Å². The molecule has 4 aromatic carbocycles. The summed E-state index contributed by atoms with van der Waals surface area (Å²) >= 11 is 0. The minimum Gasteiger partial charge on any atom is -0.493 e. The van der Waals surface area contributed by atoms with Gasteiger partial charge in [-0.3, -0.25) is 24.4 Å². The molecule has 356 valence electrons. The monoisotopic (exact) mass is 937 g/mol. The third kappa shape index (κ3) is 12.0. The summed E-state index contributed by atoms with van der Waals surface area (Å²) in [5.74, 6) is 0.609. The maximum Gasteiger partial charge on any atom is 0.252 e. The van der Waals surface area contributed by atoms with Crippen molar-refractivity contribution in [1.82, 2.24) is 20.0 Å². The molecule has 1 atom stereocenters. The smallest absolute Gasteiger partial charge is 0.252 e. The highest BCUT2D eigenvalue weighted by atomic mass is 32.2. The van der Waals surface area contributed by atoms with Crippen LogP contribution in [0.2, 0.25) is 0 Å². The number of primary amides is 2. The number of pyridine rings is 2. The Bertz CT molecular complexity index is 2910. The van der Waals surface area contributed by atoms with Crippen molar-refractivity contribution < 1.29 is 41.7 Å². The number of sulfonamides is 1. The SMILES string of the molecule is CCc1c(CNC(=O)[C@@H](N)C(C)C)cccc1Nc1c(C(N)=O)cnc2cc(OC)c(OC)cc12.CCc1c(CNS(C)(=O)=O)cccc1Nc1c(C(N)=O)cnc2cc(OC)c(OC)cc12. The number of amides is 3. The topological polar surface area (TPSA) is 274 Å². The van der Waals surface area contributed by atoms with Crippen molar-refractivity contribution in [3.05, 3.63) is 106 Å². The van der Waals surface area contributed by atoms with Gasteiger partial charge in [0, 0.05) is 59.8 Å². The van der Waals surface area contributed by atoms with Gasteiger partial charge in [0.05, 0.1) is 74.3 Å². The number of carbonyl (C=O) groups excluding carboxylic acids is 3. The molecule has 3 amide bonds. The van der Waals surface area contributed by atoms with Gasteiger partial charge in [0.25, 0.3) is 11.8 Å². The van der Waals surface area contributed by atoms with Crippen molar-refractivity contribution in [2.45, 2.75) is 59.7 Å². The summed E-state index contributed by atoms with van der Waals surface area (Å²) in [6, 6.07) is 17.7. The molecule has 0 bridgehead atoms. The second-order valence-electron chi connectivity index (χ2n) is 15.7. The van der Waals surface area contributed by atoms with E-state index in [0.717, 1.165) is 39.9 Å². The van der Waals surface area contributed by atoms with Crippen LogP contribution in [0, 0.1) is 5.92 Å². The average molecular weight is 938 g/mol. The number of anilines is 4. The molecular formula is C48H59N9O9S. The lowest BCUT2D eigenvalue weighted by atomic mass is 10.0. The number of fused-ring (bicyclic) bond motifs is 2. The number of rotatable bonds is 19. The number of carbonyl (C=O) groups is 3. The normalized spacial score (nSPS) is 11.6. The number of nitrogens with two attached hydrogens (primary N) is 3. The van der Waals surface area contributed by atoms with Crippen LogP contribution in [-0.2, 0) is 40.7 Å². The summed E-state index contributed by atoms with van der Waals surface area (Å²) < 4.78 is 47.2. The lowest BCUT2D eigenvalue weighted by molar-refractivity contribution is -0.123. The van der Waals surface area contributed by atoms with Crippen LogP contribution >= 0.6 is 0 Å². The van der Waals surface area contributed by atoms with Crippen LogP contribution in [0.5, 0.6) is 23.0 Å². The fraction of sp³-hybridized carbons (Fsp3) is 0.312. The molecule has 0 saturated heterocycles. The zero-order valence-electron chi connectivity index (χ0n) is 39.1. The third-order valence-electron chi connectivity index (χ3n) is 11.0. The zero-order chi connectivity index (χ0) is 49.2. The lowest BCUT2D eigenvalue weighted by Gasteiger charge is -2.20. The minimum atomic E-state index is -3.35. The summed E-state index contributed by atoms with van der Waals surface area (Å²) in [4.78, 5) is 45.6. The highest BCUT2D eigenvalue weighted by Gasteiger charge is 2.22. The predicted octanol–water partition coefficient (Wildman–Crippen LogP) is 5.96. The molecule has 2 heterocycles. The first-order chi connectivity index (χ1) is 31.9. The van der Waals surface area contributed by atoms with Crippen molar-refractivity contribution in [3.8, 4) is 23.0 Å². The molecular weight excluding hydrogens is 879 g/mol. The fourth-order valence-corrected chi connectivity index (χ4v) is 7.85. The molecule has 0 unspecified atom stereocenters. The Morgan fingerprint density at radius 3 is 1.42 bits per heavy atom. The molecule has 18 nitrogen and oxygen atoms in total. The van der Waals surface area contributed by atoms with Gasteiger partial charge >= 0.3 is 0 Å². The van der Waals surface area contributed by atoms with Gasteiger partial charge in [-0.15, -0.1) is 0 Å². The van der Waals surface area contributed by atoms with E-state index in [9.17, 15) is 22.8 Å². The Morgan fingerprint density at radius 1 is 0.657 bits per heavy atom. The standard InChI is InChI=1S/C26H33N5O4.C22H26N4O5S/c1-6-16-15(12-30-26(33)23(27)14(2)3)8-7-9-19(16)31-24-17-10-21(34-4)22(35-5)11-20(17)29-13-18(24)25(28)32;1-5-14-13(11-25-32(4,28)29)7-6-8-17(14)26-21-15-9-19(30-2)20(31-3)10-18(15)24-12-16(21)22(23)27/h7-11,13-14,23H,6,12,27H2,1-5H3,(H2,28,32)(H,29,31)(H,30,33);6-10,12,25H,5,11H2,1-4H3,(H2,23,27)(H,24,26)/t23-;/m0./s1. The number of ether oxygens (including phenoxy) is 4. The molecule has 67 heavy (non-hydrogen) atoms. The summed E-state index contributed by atoms with van der Waals surface area (Å²) in [7, 11) is 2.80. The van der Waals surface area contributed by atoms with Crippen LogP contribution in [0.3, 0.4) is 0 Å². The molecule has 0 radical (unpaired) electrons. The second kappa shape index (κ2) is 22.3. The fourth-order valence-electron chi connectivity index (χ4n) is 7.43. The van der Waals surface area contributed by atoms with Crippen molar-refractivity contribution in [3.63, 3.8) is 0 Å². The van der Waals surface area contributed by atoms with E-state index in [1.807, 2.05) is 64.1 Å². The van der Waals surface area contributed by atoms with E-state index in [2.05, 4.69) is 30.6 Å². The number of methoxy groups -OCH3 is 4. The van der Waals surface area contributed by atoms with Gasteiger partial charge in [0.2, 0.25) is 15.9 Å². The molecule has 0 aliphatic carbocycles. The van der Waals surface area contributed by atoms with Crippen LogP contribution in [0.4, 0.5) is 22.7 Å². The molecule has 2 aromatic heterocycles. The van der Waals surface area contributed by atoms with Crippen molar-refractivity contribution in [1.29, 1.82) is 0 Å². The van der Waals surface area contributed by atoms with E-state index in [-0.39, 0.29) is 29.5 Å². The number of hydrogen-bond donors (Lipinski definition) is 7. The summed E-state index contributed by atoms with van der Waals surface area (Å²) in [6.45, 7) is 8.31. The van der Waals surface area contributed by atoms with E-state index in [1.54, 1.807) is 38.5 Å². The van der Waals surface area contributed by atoms with Crippen molar-refractivity contribution in [2.75, 3.05) is 45.3 Å². The summed E-state index contributed by atoms with van der Waals surface area (Å²) in [5.41, 5.74) is 25.1. The van der Waals surface area contributed by atoms with Crippen LogP contribution in [0.15, 0.2) is 73.1 Å². The molecule has 0 spiro atoms. The first-order valence-electron chi connectivity index (χ1n) is 21.3. The number of benzene rings is 4. The van der Waals surface area contributed by atoms with E-state index >= 15 is 0 Å². The van der Waals surface area contributed by atoms with Crippen molar-refractivity contribution in [2.24, 2.45) is 23.1 Å². The minimum absolute atomic E-state index is 0.0384. The van der Waals surface area contributed by atoms with E-state index in [4.69, 9.17) is 36.1 Å². The molecule has 0 fully saturated rings. The molecule has 0 aliphatic rings. The Labute approximate surface area is 390 Å². The highest BCUT2D eigenvalue weighted by Crippen LogP contribution is 2.39. The van der Waals surface area contributed by atoms with Gasteiger partial charge in [-0.2, -0.15) is 0 Å². The summed E-state index contributed by atoms with van der Waals surface area (Å²) in [5, 5.41) is 10.9. The Kier molecular flexibility index (Phi) is 16.9. The predicted molar refractivity (Wildman–Crippen MR) is 261 cm³/mol. The quantitative estimate of drug-likeness (QED) is 0.0494. The van der Waals surface area contributed by atoms with Crippen LogP contribution in [0.1, 0.15) is 70.7 Å². The van der Waals surface area contributed by atoms with E-state index in [0.29, 0.717) is 75.6 Å². The highest BCUT2D eigenvalue weighted by molar-refractivity contribution is 7.88. The molecule has 6 rings (SSSR count). The Hall–Kier alpha value is -7.22. The zero-order valence-corrected chi connectivity index (χ0v) is 39.9. The second-order valence-corrected chi connectivity index (χ2v) is 17.5. The van der Waals surface area contributed by atoms with E-state index < -0.39 is 27.9 Å². The Balaban J connectivity index is 0.000000252. The average Bonchev–Trinajstić information content (AvgIpc) is 3.31. The van der Waals surface area contributed by atoms with Gasteiger partial charge in [-0.1, -0.05) is 52.0 Å². The first kappa shape index (κ1) is 50.8. The lowest BCUT2D eigenvalue weighted by Crippen LogP contribution is -2.43. The van der Waals surface area contributed by atoms with Gasteiger partial charge in [-0.25, -0.2) is 13.1 Å². The molecule has 0 saturated carbocycles. The molecule has 6 aromatic rings. The number of nitrogens with zero attached hydrogens (tertiary/aromatic N) is 2. The maximum atomic E-state index is 12.4. The molecule has 10 N–H and O–H groups in total. The number of hydrogen-bond acceptors (Lipinski definition) is 14. The van der Waals surface area contributed by atoms with Crippen molar-refractivity contribution >= 4 is 72.3 Å². The Morgan fingerprint density at radius 2 is 1.06 bits per heavy atom. The molecule has 0 aliphatic heterocycles. The largest absolute Gasteiger partial charge is 0.493 e. The first-order valence-corrected chi connectivity index (χ1v) is 23.2. The molecule has 19 heteroatoms. The van der Waals surface area contributed by atoms with Crippen LogP contribution in [0.25, 0.3) is 21.8 Å².